The first-order chi connectivity index (χ1) is 15.8. The van der Waals surface area contributed by atoms with E-state index in [2.05, 4.69) is 18.9 Å². The zero-order chi connectivity index (χ0) is 23.6. The van der Waals surface area contributed by atoms with Crippen molar-refractivity contribution in [3.8, 4) is 5.69 Å². The summed E-state index contributed by atoms with van der Waals surface area (Å²) in [5.41, 5.74) is 3.63. The number of carbonyl (C=O) groups excluding carboxylic acids is 1. The third-order valence-corrected chi connectivity index (χ3v) is 8.33. The third-order valence-electron chi connectivity index (χ3n) is 6.42. The first-order valence-electron chi connectivity index (χ1n) is 11.3. The van der Waals surface area contributed by atoms with E-state index in [-0.39, 0.29) is 19.0 Å². The summed E-state index contributed by atoms with van der Waals surface area (Å²) in [6.45, 7) is 7.51. The van der Waals surface area contributed by atoms with Gasteiger partial charge in [-0.15, -0.1) is 0 Å². The van der Waals surface area contributed by atoms with Gasteiger partial charge in [-0.1, -0.05) is 26.0 Å². The largest absolute Gasteiger partial charge is 0.336 e. The Bertz CT molecular complexity index is 1210. The van der Waals surface area contributed by atoms with Gasteiger partial charge in [-0.25, -0.2) is 13.1 Å². The summed E-state index contributed by atoms with van der Waals surface area (Å²) in [5.74, 6) is 0.308. The average molecular weight is 467 g/mol. The summed E-state index contributed by atoms with van der Waals surface area (Å²) in [7, 11) is -3.57. The van der Waals surface area contributed by atoms with Crippen molar-refractivity contribution in [1.29, 1.82) is 0 Å². The third kappa shape index (κ3) is 4.72. The Morgan fingerprint density at radius 1 is 0.970 bits per heavy atom. The van der Waals surface area contributed by atoms with E-state index in [4.69, 9.17) is 0 Å². The molecule has 0 unspecified atom stereocenters. The van der Waals surface area contributed by atoms with Crippen molar-refractivity contribution < 1.29 is 13.2 Å². The molecule has 0 spiro atoms. The standard InChI is InChI=1S/C25H30N4O3S/c1-4-19(2)21-7-11-24(12-8-21)33(31,32)28-17-15-27(16-18-28)25(30)22-5-9-23(10-6-22)29-20(3)13-14-26-29/h5-14,19H,4,15-18H2,1-3H3/t19-/m0/s1. The minimum atomic E-state index is -3.57. The Morgan fingerprint density at radius 2 is 1.61 bits per heavy atom. The van der Waals surface area contributed by atoms with E-state index < -0.39 is 10.0 Å². The lowest BCUT2D eigenvalue weighted by Crippen LogP contribution is -2.50. The molecule has 3 aromatic rings. The topological polar surface area (TPSA) is 75.5 Å². The quantitative estimate of drug-likeness (QED) is 0.553. The predicted molar refractivity (Wildman–Crippen MR) is 128 cm³/mol. The molecule has 1 amide bonds. The summed E-state index contributed by atoms with van der Waals surface area (Å²) in [4.78, 5) is 15.0. The fraction of sp³-hybridized carbons (Fsp3) is 0.360. The lowest BCUT2D eigenvalue weighted by Gasteiger charge is -2.34. The van der Waals surface area contributed by atoms with Gasteiger partial charge in [0.15, 0.2) is 0 Å². The number of rotatable bonds is 6. The van der Waals surface area contributed by atoms with Crippen LogP contribution in [0.5, 0.6) is 0 Å². The molecule has 2 heterocycles. The van der Waals surface area contributed by atoms with E-state index >= 15 is 0 Å². The second-order valence-corrected chi connectivity index (χ2v) is 10.4. The van der Waals surface area contributed by atoms with Crippen molar-refractivity contribution in [3.05, 3.63) is 77.6 Å². The number of nitrogens with zero attached hydrogens (tertiary/aromatic N) is 4. The molecule has 0 aliphatic carbocycles. The Balaban J connectivity index is 1.40. The van der Waals surface area contributed by atoms with Crippen molar-refractivity contribution in [2.24, 2.45) is 0 Å². The molecule has 0 bridgehead atoms. The number of benzene rings is 2. The van der Waals surface area contributed by atoms with Gasteiger partial charge in [-0.2, -0.15) is 9.40 Å². The highest BCUT2D eigenvalue weighted by molar-refractivity contribution is 7.89. The van der Waals surface area contributed by atoms with Gasteiger partial charge in [0.05, 0.1) is 10.6 Å². The molecule has 2 aromatic carbocycles. The lowest BCUT2D eigenvalue weighted by atomic mass is 9.99. The first-order valence-corrected chi connectivity index (χ1v) is 12.8. The van der Waals surface area contributed by atoms with Crippen LogP contribution in [0.3, 0.4) is 0 Å². The van der Waals surface area contributed by atoms with Crippen molar-refractivity contribution in [1.82, 2.24) is 19.0 Å². The van der Waals surface area contributed by atoms with E-state index in [1.165, 1.54) is 4.31 Å². The summed E-state index contributed by atoms with van der Waals surface area (Å²) in [6.07, 6.45) is 2.75. The van der Waals surface area contributed by atoms with Crippen LogP contribution in [-0.4, -0.2) is 59.5 Å². The van der Waals surface area contributed by atoms with E-state index in [1.807, 2.05) is 41.9 Å². The molecule has 33 heavy (non-hydrogen) atoms. The minimum absolute atomic E-state index is 0.0892. The lowest BCUT2D eigenvalue weighted by molar-refractivity contribution is 0.0698. The predicted octanol–water partition coefficient (Wildman–Crippen LogP) is 3.84. The molecule has 1 saturated heterocycles. The van der Waals surface area contributed by atoms with Gasteiger partial charge < -0.3 is 4.90 Å². The van der Waals surface area contributed by atoms with Gasteiger partial charge >= 0.3 is 0 Å². The van der Waals surface area contributed by atoms with Crippen LogP contribution in [-0.2, 0) is 10.0 Å². The SMILES string of the molecule is CC[C@H](C)c1ccc(S(=O)(=O)N2CCN(C(=O)c3ccc(-n4nccc4C)cc3)CC2)cc1. The van der Waals surface area contributed by atoms with Gasteiger partial charge in [0, 0.05) is 43.6 Å². The molecule has 1 fully saturated rings. The second-order valence-electron chi connectivity index (χ2n) is 8.51. The van der Waals surface area contributed by atoms with E-state index in [9.17, 15) is 13.2 Å². The molecule has 1 aliphatic rings. The zero-order valence-corrected chi connectivity index (χ0v) is 20.1. The van der Waals surface area contributed by atoms with Crippen molar-refractivity contribution in [2.75, 3.05) is 26.2 Å². The number of aromatic nitrogens is 2. The molecule has 4 rings (SSSR count). The molecule has 0 N–H and O–H groups in total. The fourth-order valence-electron chi connectivity index (χ4n) is 4.05. The Morgan fingerprint density at radius 3 is 2.15 bits per heavy atom. The van der Waals surface area contributed by atoms with Gasteiger partial charge in [0.25, 0.3) is 5.91 Å². The second kappa shape index (κ2) is 9.49. The first kappa shape index (κ1) is 23.2. The van der Waals surface area contributed by atoms with Gasteiger partial charge in [-0.05, 0) is 67.3 Å². The Labute approximate surface area is 195 Å². The maximum Gasteiger partial charge on any atom is 0.253 e. The zero-order valence-electron chi connectivity index (χ0n) is 19.3. The Kier molecular flexibility index (Phi) is 6.67. The van der Waals surface area contributed by atoms with Crippen LogP contribution in [0.4, 0.5) is 0 Å². The highest BCUT2D eigenvalue weighted by atomic mass is 32.2. The van der Waals surface area contributed by atoms with Crippen molar-refractivity contribution in [2.45, 2.75) is 38.0 Å². The van der Waals surface area contributed by atoms with Crippen LogP contribution in [0.15, 0.2) is 65.7 Å². The number of amides is 1. The summed E-state index contributed by atoms with van der Waals surface area (Å²) >= 11 is 0. The van der Waals surface area contributed by atoms with E-state index in [0.717, 1.165) is 23.4 Å². The van der Waals surface area contributed by atoms with Crippen molar-refractivity contribution >= 4 is 15.9 Å². The molecule has 174 valence electrons. The van der Waals surface area contributed by atoms with E-state index in [1.54, 1.807) is 35.4 Å². The smallest absolute Gasteiger partial charge is 0.253 e. The van der Waals surface area contributed by atoms with Crippen LogP contribution in [0, 0.1) is 6.92 Å². The van der Waals surface area contributed by atoms with Crippen LogP contribution in [0.1, 0.15) is 47.8 Å². The molecule has 1 atom stereocenters. The summed E-state index contributed by atoms with van der Waals surface area (Å²) in [6, 6.07) is 16.4. The summed E-state index contributed by atoms with van der Waals surface area (Å²) < 4.78 is 29.4. The number of sulfonamides is 1. The molecule has 1 aromatic heterocycles. The average Bonchev–Trinajstić information content (AvgIpc) is 3.29. The van der Waals surface area contributed by atoms with Crippen LogP contribution in [0.2, 0.25) is 0 Å². The maximum atomic E-state index is 13.1. The van der Waals surface area contributed by atoms with Crippen LogP contribution >= 0.6 is 0 Å². The molecular formula is C25H30N4O3S. The molecule has 7 nitrogen and oxygen atoms in total. The highest BCUT2D eigenvalue weighted by Gasteiger charge is 2.30. The van der Waals surface area contributed by atoms with E-state index in [0.29, 0.717) is 29.5 Å². The maximum absolute atomic E-state index is 13.1. The molecule has 8 heteroatoms. The van der Waals surface area contributed by atoms with Gasteiger partial charge in [0.2, 0.25) is 10.0 Å². The normalized spacial score (nSPS) is 16.0. The number of carbonyl (C=O) groups is 1. The van der Waals surface area contributed by atoms with Gasteiger partial charge in [0.1, 0.15) is 0 Å². The number of hydrogen-bond acceptors (Lipinski definition) is 4. The molecule has 1 aliphatic heterocycles. The van der Waals surface area contributed by atoms with Gasteiger partial charge in [-0.3, -0.25) is 4.79 Å². The summed E-state index contributed by atoms with van der Waals surface area (Å²) in [5, 5.41) is 4.28. The molecule has 0 radical (unpaired) electrons. The Hall–Kier alpha value is -2.97. The van der Waals surface area contributed by atoms with Crippen LogP contribution in [0.25, 0.3) is 5.69 Å². The monoisotopic (exact) mass is 466 g/mol. The fourth-order valence-corrected chi connectivity index (χ4v) is 5.47. The highest BCUT2D eigenvalue weighted by Crippen LogP contribution is 2.23. The van der Waals surface area contributed by atoms with Crippen molar-refractivity contribution in [3.63, 3.8) is 0 Å². The number of piperazine rings is 1. The van der Waals surface area contributed by atoms with Crippen LogP contribution < -0.4 is 0 Å². The molecule has 0 saturated carbocycles. The minimum Gasteiger partial charge on any atom is -0.336 e. The molecular weight excluding hydrogens is 436 g/mol. The number of aryl methyl sites for hydroxylation is 1. The number of hydrogen-bond donors (Lipinski definition) is 0.